The highest BCUT2D eigenvalue weighted by Gasteiger charge is 2.25. The highest BCUT2D eigenvalue weighted by atomic mass is 79.9. The second kappa shape index (κ2) is 8.87. The lowest BCUT2D eigenvalue weighted by atomic mass is 10.2. The molecule has 1 aromatic heterocycles. The summed E-state index contributed by atoms with van der Waals surface area (Å²) in [7, 11) is 1.67. The van der Waals surface area contributed by atoms with Crippen LogP contribution in [0.15, 0.2) is 53.0 Å². The van der Waals surface area contributed by atoms with Crippen LogP contribution in [0.25, 0.3) is 5.69 Å². The number of hydrogen-bond donors (Lipinski definition) is 0. The highest BCUT2D eigenvalue weighted by Crippen LogP contribution is 2.22. The minimum absolute atomic E-state index is 0.0645. The van der Waals surface area contributed by atoms with E-state index in [1.807, 2.05) is 48.2 Å². The van der Waals surface area contributed by atoms with Crippen LogP contribution in [0.2, 0.25) is 0 Å². The van der Waals surface area contributed by atoms with Gasteiger partial charge in [-0.2, -0.15) is 0 Å². The number of hydrogen-bond acceptors (Lipinski definition) is 5. The van der Waals surface area contributed by atoms with Crippen molar-refractivity contribution in [2.75, 3.05) is 38.2 Å². The van der Waals surface area contributed by atoms with Gasteiger partial charge in [0.1, 0.15) is 5.75 Å². The molecule has 156 valence electrons. The van der Waals surface area contributed by atoms with Gasteiger partial charge in [0, 0.05) is 36.3 Å². The summed E-state index contributed by atoms with van der Waals surface area (Å²) < 4.78 is 7.90. The van der Waals surface area contributed by atoms with Gasteiger partial charge in [0.05, 0.1) is 18.5 Å². The molecule has 1 saturated heterocycles. The van der Waals surface area contributed by atoms with Gasteiger partial charge in [-0.15, -0.1) is 5.10 Å². The third-order valence-corrected chi connectivity index (χ3v) is 5.86. The van der Waals surface area contributed by atoms with Crippen molar-refractivity contribution in [2.24, 2.45) is 0 Å². The molecular formula is C22H24BrN5O2. The van der Waals surface area contributed by atoms with Crippen molar-refractivity contribution < 1.29 is 9.53 Å². The van der Waals surface area contributed by atoms with Gasteiger partial charge >= 0.3 is 0 Å². The second-order valence-corrected chi connectivity index (χ2v) is 8.16. The zero-order valence-corrected chi connectivity index (χ0v) is 18.7. The van der Waals surface area contributed by atoms with Crippen LogP contribution in [0, 0.1) is 6.92 Å². The van der Waals surface area contributed by atoms with Crippen molar-refractivity contribution in [1.29, 1.82) is 0 Å². The molecule has 0 radical (unpaired) electrons. The quantitative estimate of drug-likeness (QED) is 0.582. The lowest BCUT2D eigenvalue weighted by Gasteiger charge is -2.23. The molecule has 0 aliphatic carbocycles. The number of nitrogens with zero attached hydrogens (tertiary/aromatic N) is 5. The number of carbonyl (C=O) groups excluding carboxylic acids is 1. The van der Waals surface area contributed by atoms with Gasteiger partial charge in [-0.3, -0.25) is 4.79 Å². The fourth-order valence-electron chi connectivity index (χ4n) is 3.70. The maximum atomic E-state index is 13.2. The van der Waals surface area contributed by atoms with E-state index >= 15 is 0 Å². The first-order chi connectivity index (χ1) is 14.6. The van der Waals surface area contributed by atoms with E-state index in [0.717, 1.165) is 46.8 Å². The van der Waals surface area contributed by atoms with Gasteiger partial charge < -0.3 is 14.5 Å². The molecule has 1 amide bonds. The molecule has 3 aromatic rings. The standard InChI is InChI=1S/C22H24BrN5O2/c1-16-21(24-25-28(16)19-6-3-5-17(23)15-19)22(29)27-12-4-11-26(13-14-27)18-7-9-20(30-2)10-8-18/h3,5-10,15H,4,11-14H2,1-2H3. The van der Waals surface area contributed by atoms with Crippen LogP contribution in [0.3, 0.4) is 0 Å². The minimum Gasteiger partial charge on any atom is -0.497 e. The summed E-state index contributed by atoms with van der Waals surface area (Å²) in [6.45, 7) is 4.91. The Kier molecular flexibility index (Phi) is 6.03. The first-order valence-electron chi connectivity index (χ1n) is 9.93. The number of rotatable bonds is 4. The molecule has 30 heavy (non-hydrogen) atoms. The molecular weight excluding hydrogens is 446 g/mol. The molecule has 2 aromatic carbocycles. The molecule has 0 saturated carbocycles. The number of amides is 1. The Balaban J connectivity index is 1.48. The Labute approximate surface area is 184 Å². The Morgan fingerprint density at radius 3 is 2.57 bits per heavy atom. The lowest BCUT2D eigenvalue weighted by Crippen LogP contribution is -2.35. The van der Waals surface area contributed by atoms with Gasteiger partial charge in [0.25, 0.3) is 5.91 Å². The fraction of sp³-hybridized carbons (Fsp3) is 0.318. The van der Waals surface area contributed by atoms with E-state index in [1.165, 1.54) is 0 Å². The maximum absolute atomic E-state index is 13.2. The largest absolute Gasteiger partial charge is 0.497 e. The molecule has 1 aliphatic heterocycles. The summed E-state index contributed by atoms with van der Waals surface area (Å²) in [5, 5.41) is 8.42. The van der Waals surface area contributed by atoms with Crippen molar-refractivity contribution in [2.45, 2.75) is 13.3 Å². The summed E-state index contributed by atoms with van der Waals surface area (Å²) >= 11 is 3.48. The monoisotopic (exact) mass is 469 g/mol. The average Bonchev–Trinajstić information content (AvgIpc) is 2.98. The molecule has 0 unspecified atom stereocenters. The zero-order chi connectivity index (χ0) is 21.1. The number of ether oxygens (including phenoxy) is 1. The molecule has 8 heteroatoms. The second-order valence-electron chi connectivity index (χ2n) is 7.25. The fourth-order valence-corrected chi connectivity index (χ4v) is 4.09. The lowest BCUT2D eigenvalue weighted by molar-refractivity contribution is 0.0760. The van der Waals surface area contributed by atoms with Gasteiger partial charge in [-0.25, -0.2) is 4.68 Å². The van der Waals surface area contributed by atoms with E-state index in [4.69, 9.17) is 4.74 Å². The Morgan fingerprint density at radius 1 is 1.03 bits per heavy atom. The van der Waals surface area contributed by atoms with Crippen LogP contribution in [0.4, 0.5) is 5.69 Å². The minimum atomic E-state index is -0.0645. The van der Waals surface area contributed by atoms with Crippen molar-refractivity contribution in [1.82, 2.24) is 19.9 Å². The number of carbonyl (C=O) groups is 1. The number of halogens is 1. The zero-order valence-electron chi connectivity index (χ0n) is 17.1. The first-order valence-corrected chi connectivity index (χ1v) is 10.7. The SMILES string of the molecule is COc1ccc(N2CCCN(C(=O)c3nnn(-c4cccc(Br)c4)c3C)CC2)cc1. The molecule has 0 N–H and O–H groups in total. The normalized spacial score (nSPS) is 14.5. The maximum Gasteiger partial charge on any atom is 0.276 e. The molecule has 0 spiro atoms. The van der Waals surface area contributed by atoms with Gasteiger partial charge in [0.15, 0.2) is 5.69 Å². The van der Waals surface area contributed by atoms with E-state index in [-0.39, 0.29) is 5.91 Å². The van der Waals surface area contributed by atoms with Crippen LogP contribution < -0.4 is 9.64 Å². The Bertz CT molecular complexity index is 1030. The van der Waals surface area contributed by atoms with Crippen LogP contribution in [-0.2, 0) is 0 Å². The molecule has 2 heterocycles. The number of anilines is 1. The van der Waals surface area contributed by atoms with Crippen LogP contribution >= 0.6 is 15.9 Å². The molecule has 4 rings (SSSR count). The first kappa shape index (κ1) is 20.4. The van der Waals surface area contributed by atoms with Crippen molar-refractivity contribution in [3.05, 3.63) is 64.4 Å². The van der Waals surface area contributed by atoms with E-state index in [1.54, 1.807) is 11.8 Å². The van der Waals surface area contributed by atoms with Crippen molar-refractivity contribution in [3.8, 4) is 11.4 Å². The van der Waals surface area contributed by atoms with E-state index in [0.29, 0.717) is 18.8 Å². The summed E-state index contributed by atoms with van der Waals surface area (Å²) in [6, 6.07) is 15.8. The third-order valence-electron chi connectivity index (χ3n) is 5.37. The number of methoxy groups -OCH3 is 1. The van der Waals surface area contributed by atoms with Gasteiger partial charge in [-0.1, -0.05) is 27.2 Å². The van der Waals surface area contributed by atoms with Crippen LogP contribution in [0.1, 0.15) is 22.6 Å². The molecule has 7 nitrogen and oxygen atoms in total. The topological polar surface area (TPSA) is 63.5 Å². The van der Waals surface area contributed by atoms with Gasteiger partial charge in [0.2, 0.25) is 0 Å². The molecule has 1 fully saturated rings. The van der Waals surface area contributed by atoms with E-state index in [2.05, 4.69) is 43.3 Å². The summed E-state index contributed by atoms with van der Waals surface area (Å²) in [5.41, 5.74) is 3.17. The number of benzene rings is 2. The molecule has 0 bridgehead atoms. The summed E-state index contributed by atoms with van der Waals surface area (Å²) in [4.78, 5) is 17.4. The van der Waals surface area contributed by atoms with Crippen LogP contribution in [-0.4, -0.2) is 59.1 Å². The van der Waals surface area contributed by atoms with E-state index in [9.17, 15) is 4.79 Å². The third kappa shape index (κ3) is 4.18. The van der Waals surface area contributed by atoms with E-state index < -0.39 is 0 Å². The molecule has 0 atom stereocenters. The summed E-state index contributed by atoms with van der Waals surface area (Å²) in [6.07, 6.45) is 0.899. The van der Waals surface area contributed by atoms with Crippen molar-refractivity contribution in [3.63, 3.8) is 0 Å². The Morgan fingerprint density at radius 2 is 1.83 bits per heavy atom. The highest BCUT2D eigenvalue weighted by molar-refractivity contribution is 9.10. The molecule has 1 aliphatic rings. The number of aromatic nitrogens is 3. The average molecular weight is 470 g/mol. The van der Waals surface area contributed by atoms with Gasteiger partial charge in [-0.05, 0) is 55.8 Å². The predicted molar refractivity (Wildman–Crippen MR) is 120 cm³/mol. The van der Waals surface area contributed by atoms with Crippen molar-refractivity contribution >= 4 is 27.5 Å². The van der Waals surface area contributed by atoms with Crippen LogP contribution in [0.5, 0.6) is 5.75 Å². The summed E-state index contributed by atoms with van der Waals surface area (Å²) in [5.74, 6) is 0.778. The smallest absolute Gasteiger partial charge is 0.276 e. The Hall–Kier alpha value is -2.87. The predicted octanol–water partition coefficient (Wildman–Crippen LogP) is 3.70.